The molecular weight excluding hydrogens is 291 g/mol. The van der Waals surface area contributed by atoms with Gasteiger partial charge in [-0.15, -0.1) is 11.8 Å². The first-order chi connectivity index (χ1) is 9.61. The van der Waals surface area contributed by atoms with Crippen LogP contribution in [0.2, 0.25) is 0 Å². The number of benzene rings is 2. The fraction of sp³-hybridized carbons (Fsp3) is 0.133. The largest absolute Gasteiger partial charge is 0.389 e. The van der Waals surface area contributed by atoms with E-state index in [0.29, 0.717) is 4.99 Å². The SMILES string of the molecule is CCSc1cccc(Nc2ccc(F)cc2)c1C(N)=S. The second kappa shape index (κ2) is 6.72. The minimum absolute atomic E-state index is 0.264. The van der Waals surface area contributed by atoms with E-state index < -0.39 is 0 Å². The first-order valence-electron chi connectivity index (χ1n) is 6.20. The van der Waals surface area contributed by atoms with E-state index in [9.17, 15) is 4.39 Å². The molecule has 0 saturated heterocycles. The average Bonchev–Trinajstić information content (AvgIpc) is 2.41. The quantitative estimate of drug-likeness (QED) is 0.637. The molecule has 104 valence electrons. The molecule has 0 atom stereocenters. The number of rotatable bonds is 5. The number of hydrogen-bond donors (Lipinski definition) is 2. The van der Waals surface area contributed by atoms with Crippen molar-refractivity contribution < 1.29 is 4.39 Å². The van der Waals surface area contributed by atoms with Crippen molar-refractivity contribution in [1.82, 2.24) is 0 Å². The van der Waals surface area contributed by atoms with E-state index in [1.165, 1.54) is 12.1 Å². The maximum atomic E-state index is 12.9. The standard InChI is InChI=1S/C15H15FN2S2/c1-2-20-13-5-3-4-12(14(13)15(17)19)18-11-8-6-10(16)7-9-11/h3-9,18H,2H2,1H3,(H2,17,19). The second-order valence-electron chi connectivity index (χ2n) is 4.11. The maximum Gasteiger partial charge on any atom is 0.123 e. The topological polar surface area (TPSA) is 38.0 Å². The number of thiocarbonyl (C=S) groups is 1. The highest BCUT2D eigenvalue weighted by Crippen LogP contribution is 2.30. The van der Waals surface area contributed by atoms with E-state index in [0.717, 1.165) is 27.6 Å². The van der Waals surface area contributed by atoms with E-state index in [-0.39, 0.29) is 5.82 Å². The third-order valence-electron chi connectivity index (χ3n) is 2.70. The van der Waals surface area contributed by atoms with Gasteiger partial charge in [0.15, 0.2) is 0 Å². The first-order valence-corrected chi connectivity index (χ1v) is 7.59. The van der Waals surface area contributed by atoms with Crippen LogP contribution in [0, 0.1) is 5.82 Å². The van der Waals surface area contributed by atoms with Crippen LogP contribution in [0.4, 0.5) is 15.8 Å². The van der Waals surface area contributed by atoms with Gasteiger partial charge >= 0.3 is 0 Å². The van der Waals surface area contributed by atoms with Gasteiger partial charge in [-0.3, -0.25) is 0 Å². The first kappa shape index (κ1) is 14.8. The third kappa shape index (κ3) is 3.49. The van der Waals surface area contributed by atoms with Gasteiger partial charge < -0.3 is 11.1 Å². The molecule has 2 aromatic rings. The molecule has 3 N–H and O–H groups in total. The molecule has 0 saturated carbocycles. The summed E-state index contributed by atoms with van der Waals surface area (Å²) in [5.74, 6) is 0.677. The predicted molar refractivity (Wildman–Crippen MR) is 88.4 cm³/mol. The highest BCUT2D eigenvalue weighted by atomic mass is 32.2. The van der Waals surface area contributed by atoms with Crippen LogP contribution in [0.1, 0.15) is 12.5 Å². The van der Waals surface area contributed by atoms with Crippen LogP contribution in [0.25, 0.3) is 0 Å². The molecule has 0 spiro atoms. The van der Waals surface area contributed by atoms with Crippen LogP contribution in [-0.4, -0.2) is 10.7 Å². The molecule has 0 aliphatic carbocycles. The summed E-state index contributed by atoms with van der Waals surface area (Å²) in [6, 6.07) is 12.0. The molecule has 0 fully saturated rings. The smallest absolute Gasteiger partial charge is 0.123 e. The third-order valence-corrected chi connectivity index (χ3v) is 3.84. The highest BCUT2D eigenvalue weighted by Gasteiger charge is 2.11. The van der Waals surface area contributed by atoms with Crippen LogP contribution < -0.4 is 11.1 Å². The number of hydrogen-bond acceptors (Lipinski definition) is 3. The summed E-state index contributed by atoms with van der Waals surface area (Å²) in [4.78, 5) is 1.40. The van der Waals surface area contributed by atoms with Crippen LogP contribution >= 0.6 is 24.0 Å². The maximum absolute atomic E-state index is 12.9. The van der Waals surface area contributed by atoms with Gasteiger partial charge in [0.25, 0.3) is 0 Å². The van der Waals surface area contributed by atoms with Gasteiger partial charge in [-0.05, 0) is 42.2 Å². The zero-order valence-electron chi connectivity index (χ0n) is 11.0. The van der Waals surface area contributed by atoms with Crippen molar-refractivity contribution in [2.75, 3.05) is 11.1 Å². The lowest BCUT2D eigenvalue weighted by molar-refractivity contribution is 0.628. The van der Waals surface area contributed by atoms with Crippen LogP contribution in [0.3, 0.4) is 0 Å². The van der Waals surface area contributed by atoms with Gasteiger partial charge in [-0.1, -0.05) is 25.2 Å². The van der Waals surface area contributed by atoms with Crippen molar-refractivity contribution in [1.29, 1.82) is 0 Å². The molecule has 0 aromatic heterocycles. The average molecular weight is 306 g/mol. The minimum atomic E-state index is -0.264. The summed E-state index contributed by atoms with van der Waals surface area (Å²) in [7, 11) is 0. The molecule has 0 aliphatic rings. The number of thioether (sulfide) groups is 1. The van der Waals surface area contributed by atoms with Gasteiger partial charge in [-0.25, -0.2) is 4.39 Å². The van der Waals surface area contributed by atoms with Crippen molar-refractivity contribution >= 4 is 40.3 Å². The van der Waals surface area contributed by atoms with Gasteiger partial charge in [0, 0.05) is 21.8 Å². The number of anilines is 2. The van der Waals surface area contributed by atoms with Gasteiger partial charge in [-0.2, -0.15) is 0 Å². The van der Waals surface area contributed by atoms with E-state index in [4.69, 9.17) is 18.0 Å². The lowest BCUT2D eigenvalue weighted by Gasteiger charge is -2.14. The van der Waals surface area contributed by atoms with E-state index in [1.54, 1.807) is 23.9 Å². The van der Waals surface area contributed by atoms with Crippen molar-refractivity contribution in [3.8, 4) is 0 Å². The highest BCUT2D eigenvalue weighted by molar-refractivity contribution is 7.99. The monoisotopic (exact) mass is 306 g/mol. The van der Waals surface area contributed by atoms with Crippen molar-refractivity contribution in [3.63, 3.8) is 0 Å². The zero-order chi connectivity index (χ0) is 14.5. The van der Waals surface area contributed by atoms with E-state index >= 15 is 0 Å². The molecule has 0 unspecified atom stereocenters. The minimum Gasteiger partial charge on any atom is -0.389 e. The van der Waals surface area contributed by atoms with E-state index in [2.05, 4.69) is 12.2 Å². The summed E-state index contributed by atoms with van der Waals surface area (Å²) < 4.78 is 12.9. The molecule has 0 heterocycles. The van der Waals surface area contributed by atoms with Crippen molar-refractivity contribution in [3.05, 3.63) is 53.8 Å². The molecule has 5 heteroatoms. The molecule has 0 amide bonds. The Morgan fingerprint density at radius 2 is 1.95 bits per heavy atom. The number of nitrogens with two attached hydrogens (primary N) is 1. The zero-order valence-corrected chi connectivity index (χ0v) is 12.7. The molecule has 2 nitrogen and oxygen atoms in total. The summed E-state index contributed by atoms with van der Waals surface area (Å²) in [5, 5.41) is 3.23. The molecule has 20 heavy (non-hydrogen) atoms. The van der Waals surface area contributed by atoms with Crippen molar-refractivity contribution in [2.24, 2.45) is 5.73 Å². The molecule has 2 rings (SSSR count). The molecule has 0 aliphatic heterocycles. The van der Waals surface area contributed by atoms with Crippen molar-refractivity contribution in [2.45, 2.75) is 11.8 Å². The normalized spacial score (nSPS) is 10.3. The lowest BCUT2D eigenvalue weighted by Crippen LogP contribution is -2.13. The fourth-order valence-electron chi connectivity index (χ4n) is 1.85. The van der Waals surface area contributed by atoms with E-state index in [1.807, 2.05) is 18.2 Å². The Bertz CT molecular complexity index is 612. The Balaban J connectivity index is 2.37. The predicted octanol–water partition coefficient (Wildman–Crippen LogP) is 4.32. The van der Waals surface area contributed by atoms with Gasteiger partial charge in [0.05, 0.1) is 0 Å². The van der Waals surface area contributed by atoms with Gasteiger partial charge in [0.2, 0.25) is 0 Å². The number of nitrogens with one attached hydrogen (secondary N) is 1. The lowest BCUT2D eigenvalue weighted by atomic mass is 10.1. The Labute approximate surface area is 127 Å². The van der Waals surface area contributed by atoms with Crippen LogP contribution in [-0.2, 0) is 0 Å². The van der Waals surface area contributed by atoms with Crippen LogP contribution in [0.5, 0.6) is 0 Å². The van der Waals surface area contributed by atoms with Crippen LogP contribution in [0.15, 0.2) is 47.4 Å². The Morgan fingerprint density at radius 3 is 2.55 bits per heavy atom. The molecule has 0 bridgehead atoms. The molecule has 0 radical (unpaired) electrons. The summed E-state index contributed by atoms with van der Waals surface area (Å²) in [6.45, 7) is 2.08. The Kier molecular flexibility index (Phi) is 4.98. The van der Waals surface area contributed by atoms with Gasteiger partial charge in [0.1, 0.15) is 10.8 Å². The molecular formula is C15H15FN2S2. The summed E-state index contributed by atoms with van der Waals surface area (Å²) in [6.07, 6.45) is 0. The fourth-order valence-corrected chi connectivity index (χ4v) is 2.99. The molecule has 2 aromatic carbocycles. The number of halogens is 1. The Morgan fingerprint density at radius 1 is 1.25 bits per heavy atom. The Hall–Kier alpha value is -1.59. The summed E-state index contributed by atoms with van der Waals surface area (Å²) in [5.41, 5.74) is 8.30. The summed E-state index contributed by atoms with van der Waals surface area (Å²) >= 11 is 6.84. The second-order valence-corrected chi connectivity index (χ2v) is 5.85.